The number of aliphatic hydroxyl groups is 1. The molecule has 0 spiro atoms. The summed E-state index contributed by atoms with van der Waals surface area (Å²) >= 11 is 0. The zero-order valence-electron chi connectivity index (χ0n) is 11.1. The van der Waals surface area contributed by atoms with Crippen LogP contribution in [0.2, 0.25) is 0 Å². The van der Waals surface area contributed by atoms with Crippen LogP contribution in [0.15, 0.2) is 59.0 Å². The minimum Gasteiger partial charge on any atom is -0.458 e. The van der Waals surface area contributed by atoms with Crippen molar-refractivity contribution >= 4 is 11.0 Å². The Kier molecular flexibility index (Phi) is 3.07. The number of furan rings is 1. The van der Waals surface area contributed by atoms with Crippen LogP contribution in [-0.4, -0.2) is 5.11 Å². The molecular formula is C17H15FO2. The molecule has 0 saturated carbocycles. The molecule has 0 aliphatic heterocycles. The molecule has 1 unspecified atom stereocenters. The Bertz CT molecular complexity index is 729. The molecule has 2 nitrogen and oxygen atoms in total. The Morgan fingerprint density at radius 2 is 1.85 bits per heavy atom. The van der Waals surface area contributed by atoms with Crippen molar-refractivity contribution in [2.45, 2.75) is 18.9 Å². The minimum absolute atomic E-state index is 0.312. The summed E-state index contributed by atoms with van der Waals surface area (Å²) in [7, 11) is 0. The van der Waals surface area contributed by atoms with Crippen molar-refractivity contribution in [3.05, 3.63) is 71.7 Å². The zero-order chi connectivity index (χ0) is 14.2. The molecule has 0 amide bonds. The van der Waals surface area contributed by atoms with Gasteiger partial charge in [-0.25, -0.2) is 4.39 Å². The summed E-state index contributed by atoms with van der Waals surface area (Å²) in [5.41, 5.74) is 0.468. The molecule has 3 rings (SSSR count). The lowest BCUT2D eigenvalue weighted by Gasteiger charge is -2.20. The fraction of sp³-hybridized carbons (Fsp3) is 0.176. The quantitative estimate of drug-likeness (QED) is 0.779. The van der Waals surface area contributed by atoms with E-state index >= 15 is 0 Å². The number of fused-ring (bicyclic) bond motifs is 1. The number of hydrogen-bond donors (Lipinski definition) is 1. The predicted molar refractivity (Wildman–Crippen MR) is 75.9 cm³/mol. The second-order valence-corrected chi connectivity index (χ2v) is 5.23. The number of hydrogen-bond acceptors (Lipinski definition) is 2. The molecule has 1 heterocycles. The van der Waals surface area contributed by atoms with Gasteiger partial charge in [-0.3, -0.25) is 0 Å². The average molecular weight is 270 g/mol. The summed E-state index contributed by atoms with van der Waals surface area (Å²) in [5, 5.41) is 11.3. The van der Waals surface area contributed by atoms with Crippen LogP contribution < -0.4 is 0 Å². The molecule has 3 aromatic rings. The summed E-state index contributed by atoms with van der Waals surface area (Å²) in [4.78, 5) is 0. The van der Waals surface area contributed by atoms with E-state index in [9.17, 15) is 9.50 Å². The Labute approximate surface area is 116 Å². The van der Waals surface area contributed by atoms with E-state index in [-0.39, 0.29) is 5.82 Å². The largest absolute Gasteiger partial charge is 0.458 e. The molecule has 0 bridgehead atoms. The van der Waals surface area contributed by atoms with E-state index < -0.39 is 5.60 Å². The van der Waals surface area contributed by atoms with Gasteiger partial charge in [-0.15, -0.1) is 0 Å². The molecule has 2 aromatic carbocycles. The molecule has 1 atom stereocenters. The van der Waals surface area contributed by atoms with E-state index in [1.807, 2.05) is 30.3 Å². The SMILES string of the molecule is CC(O)(Cc1ccccc1)c1cc2cc(F)ccc2o1. The van der Waals surface area contributed by atoms with Gasteiger partial charge in [-0.05, 0) is 36.8 Å². The van der Waals surface area contributed by atoms with E-state index in [4.69, 9.17) is 4.42 Å². The predicted octanol–water partition coefficient (Wildman–Crippen LogP) is 4.02. The van der Waals surface area contributed by atoms with E-state index in [1.54, 1.807) is 19.1 Å². The van der Waals surface area contributed by atoms with Gasteiger partial charge >= 0.3 is 0 Å². The third-order valence-corrected chi connectivity index (χ3v) is 3.40. The lowest BCUT2D eigenvalue weighted by atomic mass is 9.94. The molecular weight excluding hydrogens is 255 g/mol. The van der Waals surface area contributed by atoms with Gasteiger partial charge in [0.2, 0.25) is 0 Å². The normalized spacial score (nSPS) is 14.3. The third-order valence-electron chi connectivity index (χ3n) is 3.40. The fourth-order valence-electron chi connectivity index (χ4n) is 2.36. The second kappa shape index (κ2) is 4.76. The molecule has 1 aromatic heterocycles. The topological polar surface area (TPSA) is 33.4 Å². The lowest BCUT2D eigenvalue weighted by molar-refractivity contribution is 0.0360. The fourth-order valence-corrected chi connectivity index (χ4v) is 2.36. The van der Waals surface area contributed by atoms with Crippen molar-refractivity contribution in [2.75, 3.05) is 0 Å². The molecule has 102 valence electrons. The summed E-state index contributed by atoms with van der Waals surface area (Å²) < 4.78 is 18.8. The first-order valence-corrected chi connectivity index (χ1v) is 6.50. The monoisotopic (exact) mass is 270 g/mol. The summed E-state index contributed by atoms with van der Waals surface area (Å²) in [5.74, 6) is 0.134. The standard InChI is InChI=1S/C17H15FO2/c1-17(19,11-12-5-3-2-4-6-12)16-10-13-9-14(18)7-8-15(13)20-16/h2-10,19H,11H2,1H3. The maximum atomic E-state index is 13.2. The van der Waals surface area contributed by atoms with Gasteiger partial charge in [0.1, 0.15) is 22.8 Å². The van der Waals surface area contributed by atoms with Gasteiger partial charge in [0.15, 0.2) is 0 Å². The van der Waals surface area contributed by atoms with Crippen molar-refractivity contribution in [2.24, 2.45) is 0 Å². The highest BCUT2D eigenvalue weighted by Gasteiger charge is 2.27. The van der Waals surface area contributed by atoms with Gasteiger partial charge in [0, 0.05) is 11.8 Å². The Hall–Kier alpha value is -2.13. The lowest BCUT2D eigenvalue weighted by Crippen LogP contribution is -2.23. The average Bonchev–Trinajstić information content (AvgIpc) is 2.83. The minimum atomic E-state index is -1.13. The highest BCUT2D eigenvalue weighted by molar-refractivity contribution is 5.78. The highest BCUT2D eigenvalue weighted by Crippen LogP contribution is 2.31. The molecule has 3 heteroatoms. The molecule has 0 aliphatic rings. The molecule has 0 aliphatic carbocycles. The Balaban J connectivity index is 1.96. The van der Waals surface area contributed by atoms with Crippen LogP contribution >= 0.6 is 0 Å². The van der Waals surface area contributed by atoms with E-state index in [0.29, 0.717) is 23.2 Å². The number of benzene rings is 2. The molecule has 0 fully saturated rings. The first-order chi connectivity index (χ1) is 9.54. The van der Waals surface area contributed by atoms with Crippen molar-refractivity contribution in [3.8, 4) is 0 Å². The van der Waals surface area contributed by atoms with Crippen LogP contribution in [0.25, 0.3) is 11.0 Å². The summed E-state index contributed by atoms with van der Waals surface area (Å²) in [6.07, 6.45) is 0.441. The zero-order valence-corrected chi connectivity index (χ0v) is 11.1. The van der Waals surface area contributed by atoms with Gasteiger partial charge in [0.25, 0.3) is 0 Å². The Morgan fingerprint density at radius 1 is 1.10 bits per heavy atom. The number of rotatable bonds is 3. The smallest absolute Gasteiger partial charge is 0.136 e. The number of halogens is 1. The van der Waals surface area contributed by atoms with Crippen LogP contribution in [-0.2, 0) is 12.0 Å². The van der Waals surface area contributed by atoms with Crippen LogP contribution in [0.3, 0.4) is 0 Å². The van der Waals surface area contributed by atoms with E-state index in [1.165, 1.54) is 12.1 Å². The van der Waals surface area contributed by atoms with E-state index in [2.05, 4.69) is 0 Å². The molecule has 20 heavy (non-hydrogen) atoms. The molecule has 0 saturated heterocycles. The highest BCUT2D eigenvalue weighted by atomic mass is 19.1. The molecule has 0 radical (unpaired) electrons. The van der Waals surface area contributed by atoms with Crippen LogP contribution in [0.4, 0.5) is 4.39 Å². The summed E-state index contributed by atoms with van der Waals surface area (Å²) in [6.45, 7) is 1.70. The summed E-state index contributed by atoms with van der Waals surface area (Å²) in [6, 6.07) is 15.7. The first-order valence-electron chi connectivity index (χ1n) is 6.50. The van der Waals surface area contributed by atoms with Gasteiger partial charge in [0.05, 0.1) is 0 Å². The van der Waals surface area contributed by atoms with E-state index in [0.717, 1.165) is 5.56 Å². The van der Waals surface area contributed by atoms with Gasteiger partial charge in [-0.2, -0.15) is 0 Å². The third kappa shape index (κ3) is 2.45. The van der Waals surface area contributed by atoms with Crippen molar-refractivity contribution in [1.82, 2.24) is 0 Å². The molecule has 1 N–H and O–H groups in total. The van der Waals surface area contributed by atoms with Gasteiger partial charge in [-0.1, -0.05) is 30.3 Å². The first kappa shape index (κ1) is 12.9. The maximum Gasteiger partial charge on any atom is 0.136 e. The Morgan fingerprint density at radius 3 is 2.60 bits per heavy atom. The van der Waals surface area contributed by atoms with Crippen molar-refractivity contribution in [1.29, 1.82) is 0 Å². The maximum absolute atomic E-state index is 13.2. The van der Waals surface area contributed by atoms with Crippen LogP contribution in [0.1, 0.15) is 18.2 Å². The second-order valence-electron chi connectivity index (χ2n) is 5.23. The van der Waals surface area contributed by atoms with Crippen LogP contribution in [0.5, 0.6) is 0 Å². The van der Waals surface area contributed by atoms with Crippen molar-refractivity contribution in [3.63, 3.8) is 0 Å². The van der Waals surface area contributed by atoms with Crippen molar-refractivity contribution < 1.29 is 13.9 Å². The van der Waals surface area contributed by atoms with Gasteiger partial charge < -0.3 is 9.52 Å². The van der Waals surface area contributed by atoms with Crippen LogP contribution in [0, 0.1) is 5.82 Å².